The topological polar surface area (TPSA) is 75.7 Å². The van der Waals surface area contributed by atoms with Gasteiger partial charge in [0.2, 0.25) is 0 Å². The first-order chi connectivity index (χ1) is 14.3. The fourth-order valence-corrected chi connectivity index (χ4v) is 7.36. The molecule has 0 radical (unpaired) electrons. The van der Waals surface area contributed by atoms with E-state index in [1.807, 2.05) is 6.07 Å². The van der Waals surface area contributed by atoms with E-state index < -0.39 is 0 Å². The van der Waals surface area contributed by atoms with Crippen LogP contribution in [0, 0.1) is 41.4 Å². The number of aliphatic hydroxyl groups is 1. The van der Waals surface area contributed by atoms with Gasteiger partial charge in [0, 0.05) is 25.0 Å². The van der Waals surface area contributed by atoms with E-state index in [9.17, 15) is 10.2 Å². The lowest BCUT2D eigenvalue weighted by molar-refractivity contribution is -0.287. The molecule has 4 heteroatoms. The van der Waals surface area contributed by atoms with Crippen molar-refractivity contribution in [1.29, 1.82) is 0 Å². The highest BCUT2D eigenvalue weighted by Gasteiger charge is 2.63. The van der Waals surface area contributed by atoms with E-state index in [1.54, 1.807) is 6.07 Å². The quantitative estimate of drug-likeness (QED) is 0.621. The number of hydrogen-bond donors (Lipinski definition) is 3. The maximum absolute atomic E-state index is 10.1. The molecule has 0 unspecified atom stereocenters. The van der Waals surface area contributed by atoms with Crippen molar-refractivity contribution in [3.63, 3.8) is 0 Å². The van der Waals surface area contributed by atoms with Gasteiger partial charge in [-0.15, -0.1) is 0 Å². The summed E-state index contributed by atoms with van der Waals surface area (Å²) in [6.07, 6.45) is 6.89. The van der Waals surface area contributed by atoms with E-state index in [2.05, 4.69) is 31.8 Å². The third-order valence-corrected chi connectivity index (χ3v) is 8.65. The monoisotopic (exact) mass is 409 g/mol. The second-order valence-electron chi connectivity index (χ2n) is 10.8. The van der Waals surface area contributed by atoms with Crippen LogP contribution in [0.1, 0.15) is 57.1 Å². The molecule has 0 amide bonds. The van der Waals surface area contributed by atoms with Gasteiger partial charge in [-0.2, -0.15) is 0 Å². The molecule has 7 atom stereocenters. The summed E-state index contributed by atoms with van der Waals surface area (Å²) < 4.78 is 6.98. The van der Waals surface area contributed by atoms with Crippen molar-refractivity contribution in [2.75, 3.05) is 6.61 Å². The highest BCUT2D eigenvalue weighted by Crippen LogP contribution is 2.58. The average Bonchev–Trinajstić information content (AvgIpc) is 2.71. The summed E-state index contributed by atoms with van der Waals surface area (Å²) in [6.45, 7) is 4.64. The molecule has 2 saturated heterocycles. The van der Waals surface area contributed by atoms with Crippen LogP contribution in [-0.4, -0.2) is 34.1 Å². The minimum absolute atomic E-state index is 0.0207. The van der Waals surface area contributed by atoms with E-state index in [0.29, 0.717) is 35.8 Å². The number of benzene rings is 1. The van der Waals surface area contributed by atoms with Crippen molar-refractivity contribution in [2.45, 2.75) is 76.0 Å². The van der Waals surface area contributed by atoms with Crippen LogP contribution in [0.3, 0.4) is 0 Å². The van der Waals surface area contributed by atoms with Crippen LogP contribution in [0.25, 0.3) is 0 Å². The largest absolute Gasteiger partial charge is 0.508 e. The number of ether oxygens (including phenoxy) is 1. The fraction of sp³-hybridized carbons (Fsp3) is 0.692. The van der Waals surface area contributed by atoms with Gasteiger partial charge in [-0.1, -0.05) is 17.9 Å². The van der Waals surface area contributed by atoms with E-state index in [-0.39, 0.29) is 29.8 Å². The third kappa shape index (κ3) is 3.18. The Kier molecular flexibility index (Phi) is 4.93. The zero-order valence-corrected chi connectivity index (χ0v) is 18.2. The number of phenols is 1. The molecule has 5 aliphatic rings. The molecule has 162 valence electrons. The molecule has 6 rings (SSSR count). The molecule has 30 heavy (non-hydrogen) atoms. The van der Waals surface area contributed by atoms with Crippen molar-refractivity contribution >= 4 is 0 Å². The lowest BCUT2D eigenvalue weighted by Crippen LogP contribution is -2.71. The molecule has 0 aromatic heterocycles. The first-order valence-electron chi connectivity index (χ1n) is 11.7. The fourth-order valence-electron chi connectivity index (χ4n) is 7.36. The molecule has 2 saturated carbocycles. The molecule has 4 fully saturated rings. The van der Waals surface area contributed by atoms with E-state index in [1.165, 1.54) is 5.56 Å². The first kappa shape index (κ1) is 20.4. The zero-order valence-electron chi connectivity index (χ0n) is 18.2. The van der Waals surface area contributed by atoms with Crippen LogP contribution >= 0.6 is 0 Å². The normalized spacial score (nSPS) is 41.6. The third-order valence-electron chi connectivity index (χ3n) is 8.65. The summed E-state index contributed by atoms with van der Waals surface area (Å²) in [5.41, 5.74) is 8.74. The molecule has 3 aliphatic carbocycles. The van der Waals surface area contributed by atoms with Gasteiger partial charge in [-0.25, -0.2) is 0 Å². The first-order valence-corrected chi connectivity index (χ1v) is 11.7. The van der Waals surface area contributed by atoms with Crippen LogP contribution in [0.2, 0.25) is 0 Å². The second-order valence-corrected chi connectivity index (χ2v) is 10.8. The molecule has 1 aromatic rings. The lowest BCUT2D eigenvalue weighted by Gasteiger charge is -2.64. The van der Waals surface area contributed by atoms with Gasteiger partial charge in [0.1, 0.15) is 5.75 Å². The Morgan fingerprint density at radius 2 is 2.03 bits per heavy atom. The second kappa shape index (κ2) is 7.26. The molecular weight excluding hydrogens is 374 g/mol. The van der Waals surface area contributed by atoms with Crippen molar-refractivity contribution in [3.05, 3.63) is 29.3 Å². The minimum atomic E-state index is -0.310. The summed E-state index contributed by atoms with van der Waals surface area (Å²) in [6, 6.07) is 5.74. The highest BCUT2D eigenvalue weighted by atomic mass is 16.5. The van der Waals surface area contributed by atoms with Crippen molar-refractivity contribution in [3.8, 4) is 17.6 Å². The molecule has 1 aromatic carbocycles. The van der Waals surface area contributed by atoms with Gasteiger partial charge in [0.25, 0.3) is 0 Å². The van der Waals surface area contributed by atoms with E-state index in [4.69, 9.17) is 10.5 Å². The summed E-state index contributed by atoms with van der Waals surface area (Å²) >= 11 is 0. The lowest BCUT2D eigenvalue weighted by atomic mass is 9.53. The number of aliphatic hydroxyl groups excluding tert-OH is 1. The number of rotatable bonds is 1. The Morgan fingerprint density at radius 3 is 2.80 bits per heavy atom. The summed E-state index contributed by atoms with van der Waals surface area (Å²) in [5, 5.41) is 20.2. The summed E-state index contributed by atoms with van der Waals surface area (Å²) in [4.78, 5) is 0. The number of nitrogens with two attached hydrogens (primary N) is 1. The number of hydrogen-bond acceptors (Lipinski definition) is 4. The molecule has 2 heterocycles. The Bertz CT molecular complexity index is 884. The van der Waals surface area contributed by atoms with E-state index in [0.717, 1.165) is 44.1 Å². The summed E-state index contributed by atoms with van der Waals surface area (Å²) in [5.74, 6) is 8.86. The zero-order chi connectivity index (χ0) is 21.1. The predicted molar refractivity (Wildman–Crippen MR) is 117 cm³/mol. The average molecular weight is 410 g/mol. The highest BCUT2D eigenvalue weighted by molar-refractivity contribution is 5.38. The van der Waals surface area contributed by atoms with Gasteiger partial charge >= 0.3 is 0 Å². The van der Waals surface area contributed by atoms with Crippen LogP contribution in [0.15, 0.2) is 18.2 Å². The molecule has 2 aliphatic heterocycles. The van der Waals surface area contributed by atoms with Crippen LogP contribution < -0.4 is 5.73 Å². The van der Waals surface area contributed by atoms with Crippen molar-refractivity contribution < 1.29 is 14.9 Å². The van der Waals surface area contributed by atoms with Crippen molar-refractivity contribution in [1.82, 2.24) is 0 Å². The smallest absolute Gasteiger partial charge is 0.115 e. The Balaban J connectivity index is 1.61. The maximum Gasteiger partial charge on any atom is 0.115 e. The molecular formula is C26H35NO3. The minimum Gasteiger partial charge on any atom is -0.508 e. The van der Waals surface area contributed by atoms with Crippen LogP contribution in [0.5, 0.6) is 5.75 Å². The summed E-state index contributed by atoms with van der Waals surface area (Å²) in [7, 11) is 0. The van der Waals surface area contributed by atoms with E-state index >= 15 is 0 Å². The SMILES string of the molecule is CC1(C)O[C@@]23CC[C@@H]1[C@H](N)[C@@H]2C#CCc1cc(O)ccc1C[C@H]1C[C@H](CO)C[C@@H]3C1. The molecule has 1 spiro atoms. The van der Waals surface area contributed by atoms with Gasteiger partial charge in [0.05, 0.1) is 17.1 Å². The Morgan fingerprint density at radius 1 is 1.20 bits per heavy atom. The Labute approximate surface area is 180 Å². The molecule has 4 nitrogen and oxygen atoms in total. The van der Waals surface area contributed by atoms with Gasteiger partial charge in [-0.05, 0) is 93.4 Å². The standard InChI is InChI=1S/C26H35NO3/c1-25(2)22-8-9-26(30-25)20-12-16(10-17(13-20)15-28)11-19-6-7-21(29)14-18(19)4-3-5-23(26)24(22)27/h6-7,14,16-17,20,22-24,28-29H,4,8-13,15,27H2,1-2H3/t16-,17+,20+,22-,23+,24+,26-/m1/s1. The van der Waals surface area contributed by atoms with Gasteiger partial charge < -0.3 is 20.7 Å². The van der Waals surface area contributed by atoms with Crippen molar-refractivity contribution in [2.24, 2.45) is 35.3 Å². The number of phenolic OH excluding ortho intramolecular Hbond substituents is 1. The van der Waals surface area contributed by atoms with Gasteiger partial charge in [0.15, 0.2) is 0 Å². The van der Waals surface area contributed by atoms with Crippen LogP contribution in [-0.2, 0) is 17.6 Å². The molecule has 4 N–H and O–H groups in total. The Hall–Kier alpha value is -1.54. The van der Waals surface area contributed by atoms with Crippen LogP contribution in [0.4, 0.5) is 0 Å². The van der Waals surface area contributed by atoms with Gasteiger partial charge in [-0.3, -0.25) is 0 Å². The maximum atomic E-state index is 10.1. The predicted octanol–water partition coefficient (Wildman–Crippen LogP) is 3.42. The number of aromatic hydroxyl groups is 1. The number of fused-ring (bicyclic) bond motifs is 5. The molecule has 4 bridgehead atoms.